The molecular formula is C19H24N2O3. The zero-order valence-electron chi connectivity index (χ0n) is 14.2. The lowest BCUT2D eigenvalue weighted by atomic mass is 10.0. The van der Waals surface area contributed by atoms with Gasteiger partial charge in [-0.05, 0) is 25.3 Å². The van der Waals surface area contributed by atoms with Crippen LogP contribution in [-0.4, -0.2) is 54.3 Å². The Kier molecular flexibility index (Phi) is 4.73. The van der Waals surface area contributed by atoms with E-state index in [0.29, 0.717) is 17.5 Å². The summed E-state index contributed by atoms with van der Waals surface area (Å²) in [5.74, 6) is -0.214. The molecular weight excluding hydrogens is 304 g/mol. The van der Waals surface area contributed by atoms with Crippen molar-refractivity contribution in [2.45, 2.75) is 19.4 Å². The van der Waals surface area contributed by atoms with Gasteiger partial charge in [-0.1, -0.05) is 30.3 Å². The number of fused-ring (bicyclic) bond motifs is 1. The smallest absolute Gasteiger partial charge is 0.255 e. The Hall–Kier alpha value is -2.11. The highest BCUT2D eigenvalue weighted by Crippen LogP contribution is 2.28. The number of nitrogens with one attached hydrogen (secondary N) is 1. The third-order valence-electron chi connectivity index (χ3n) is 4.69. The molecule has 0 bridgehead atoms. The molecule has 0 radical (unpaired) electrons. The van der Waals surface area contributed by atoms with Crippen molar-refractivity contribution in [3.05, 3.63) is 42.0 Å². The summed E-state index contributed by atoms with van der Waals surface area (Å²) < 4.78 is 5.38. The number of phenols is 1. The molecule has 2 N–H and O–H groups in total. The minimum absolute atomic E-state index is 0.0368. The van der Waals surface area contributed by atoms with Crippen molar-refractivity contribution in [1.29, 1.82) is 0 Å². The maximum absolute atomic E-state index is 12.5. The summed E-state index contributed by atoms with van der Waals surface area (Å²) in [6.07, 6.45) is 0. The maximum Gasteiger partial charge on any atom is 0.255 e. The number of nitrogens with zero attached hydrogens (tertiary/aromatic N) is 1. The number of aromatic hydroxyl groups is 1. The van der Waals surface area contributed by atoms with Gasteiger partial charge in [0.25, 0.3) is 5.91 Å². The number of amides is 1. The van der Waals surface area contributed by atoms with E-state index in [0.717, 1.165) is 31.7 Å². The molecule has 0 aliphatic carbocycles. The summed E-state index contributed by atoms with van der Waals surface area (Å²) in [5.41, 5.74) is 0.151. The normalized spacial score (nSPS) is 16.2. The second-order valence-electron chi connectivity index (χ2n) is 6.78. The Labute approximate surface area is 142 Å². The lowest BCUT2D eigenvalue weighted by Crippen LogP contribution is -2.55. The summed E-state index contributed by atoms with van der Waals surface area (Å²) in [4.78, 5) is 14.8. The third kappa shape index (κ3) is 3.37. The predicted octanol–water partition coefficient (Wildman–Crippen LogP) is 2.39. The largest absolute Gasteiger partial charge is 0.506 e. The summed E-state index contributed by atoms with van der Waals surface area (Å²) in [7, 11) is 0. The van der Waals surface area contributed by atoms with E-state index < -0.39 is 0 Å². The van der Waals surface area contributed by atoms with Crippen molar-refractivity contribution in [3.63, 3.8) is 0 Å². The fourth-order valence-corrected chi connectivity index (χ4v) is 3.11. The molecule has 1 fully saturated rings. The molecule has 128 valence electrons. The molecule has 1 aliphatic rings. The average Bonchev–Trinajstić information content (AvgIpc) is 2.61. The standard InChI is InChI=1S/C19H24N2O3/c1-19(2,21-9-11-24-12-10-21)13-20-18(23)16-8-7-14-5-3-4-6-15(14)17(16)22/h3-8,22H,9-13H2,1-2H3,(H,20,23). The molecule has 1 saturated heterocycles. The lowest BCUT2D eigenvalue weighted by Gasteiger charge is -2.40. The van der Waals surface area contributed by atoms with Crippen LogP contribution in [0.25, 0.3) is 10.8 Å². The van der Waals surface area contributed by atoms with Crippen molar-refractivity contribution in [2.24, 2.45) is 0 Å². The van der Waals surface area contributed by atoms with Gasteiger partial charge in [0.05, 0.1) is 18.8 Å². The third-order valence-corrected chi connectivity index (χ3v) is 4.69. The monoisotopic (exact) mass is 328 g/mol. The Morgan fingerprint density at radius 1 is 1.21 bits per heavy atom. The Morgan fingerprint density at radius 3 is 2.67 bits per heavy atom. The van der Waals surface area contributed by atoms with Gasteiger partial charge in [-0.15, -0.1) is 0 Å². The van der Waals surface area contributed by atoms with Crippen LogP contribution in [0.2, 0.25) is 0 Å². The molecule has 0 saturated carbocycles. The quantitative estimate of drug-likeness (QED) is 0.905. The van der Waals surface area contributed by atoms with Gasteiger partial charge in [0.1, 0.15) is 5.75 Å². The van der Waals surface area contributed by atoms with Crippen LogP contribution < -0.4 is 5.32 Å². The summed E-state index contributed by atoms with van der Waals surface area (Å²) in [6, 6.07) is 11.0. The SMILES string of the molecule is CC(C)(CNC(=O)c1ccc2ccccc2c1O)N1CCOCC1. The number of carbonyl (C=O) groups is 1. The Balaban J connectivity index is 1.72. The van der Waals surface area contributed by atoms with E-state index in [9.17, 15) is 9.90 Å². The number of hydrogen-bond donors (Lipinski definition) is 2. The van der Waals surface area contributed by atoms with Gasteiger partial charge in [0.15, 0.2) is 0 Å². The fraction of sp³-hybridized carbons (Fsp3) is 0.421. The lowest BCUT2D eigenvalue weighted by molar-refractivity contribution is -0.00923. The number of rotatable bonds is 4. The molecule has 1 amide bonds. The Bertz CT molecular complexity index is 736. The molecule has 0 unspecified atom stereocenters. The molecule has 3 rings (SSSR count). The van der Waals surface area contributed by atoms with E-state index in [4.69, 9.17) is 4.74 Å². The van der Waals surface area contributed by atoms with E-state index in [1.54, 1.807) is 6.07 Å². The minimum atomic E-state index is -0.250. The Morgan fingerprint density at radius 2 is 1.92 bits per heavy atom. The van der Waals surface area contributed by atoms with Gasteiger partial charge in [0, 0.05) is 30.6 Å². The van der Waals surface area contributed by atoms with Crippen LogP contribution in [-0.2, 0) is 4.74 Å². The van der Waals surface area contributed by atoms with Crippen LogP contribution in [0, 0.1) is 0 Å². The maximum atomic E-state index is 12.5. The number of ether oxygens (including phenoxy) is 1. The molecule has 0 atom stereocenters. The van der Waals surface area contributed by atoms with Crippen LogP contribution >= 0.6 is 0 Å². The van der Waals surface area contributed by atoms with E-state index in [2.05, 4.69) is 24.1 Å². The zero-order chi connectivity index (χ0) is 17.2. The second kappa shape index (κ2) is 6.79. The fourth-order valence-electron chi connectivity index (χ4n) is 3.11. The second-order valence-corrected chi connectivity index (χ2v) is 6.78. The van der Waals surface area contributed by atoms with E-state index in [1.807, 2.05) is 30.3 Å². The summed E-state index contributed by atoms with van der Waals surface area (Å²) in [6.45, 7) is 7.91. The summed E-state index contributed by atoms with van der Waals surface area (Å²) >= 11 is 0. The number of morpholine rings is 1. The van der Waals surface area contributed by atoms with Crippen LogP contribution in [0.4, 0.5) is 0 Å². The molecule has 2 aromatic carbocycles. The van der Waals surface area contributed by atoms with Crippen molar-refractivity contribution in [3.8, 4) is 5.75 Å². The first-order chi connectivity index (χ1) is 11.5. The van der Waals surface area contributed by atoms with E-state index >= 15 is 0 Å². The van der Waals surface area contributed by atoms with Gasteiger partial charge >= 0.3 is 0 Å². The molecule has 2 aromatic rings. The molecule has 5 nitrogen and oxygen atoms in total. The van der Waals surface area contributed by atoms with Crippen LogP contribution in [0.1, 0.15) is 24.2 Å². The predicted molar refractivity (Wildman–Crippen MR) is 94.4 cm³/mol. The van der Waals surface area contributed by atoms with Gasteiger partial charge in [-0.3, -0.25) is 9.69 Å². The van der Waals surface area contributed by atoms with Gasteiger partial charge in [-0.25, -0.2) is 0 Å². The molecule has 1 heterocycles. The highest BCUT2D eigenvalue weighted by molar-refractivity contribution is 6.03. The van der Waals surface area contributed by atoms with Gasteiger partial charge in [0.2, 0.25) is 0 Å². The molecule has 1 aliphatic heterocycles. The number of hydrogen-bond acceptors (Lipinski definition) is 4. The molecule has 0 spiro atoms. The first-order valence-electron chi connectivity index (χ1n) is 8.31. The number of carbonyl (C=O) groups excluding carboxylic acids is 1. The molecule has 24 heavy (non-hydrogen) atoms. The van der Waals surface area contributed by atoms with Gasteiger partial charge < -0.3 is 15.2 Å². The number of benzene rings is 2. The van der Waals surface area contributed by atoms with Crippen molar-refractivity contribution in [2.75, 3.05) is 32.8 Å². The first kappa shape index (κ1) is 16.7. The van der Waals surface area contributed by atoms with Crippen LogP contribution in [0.15, 0.2) is 36.4 Å². The van der Waals surface area contributed by atoms with E-state index in [-0.39, 0.29) is 17.2 Å². The van der Waals surface area contributed by atoms with Crippen molar-refractivity contribution in [1.82, 2.24) is 10.2 Å². The molecule has 5 heteroatoms. The van der Waals surface area contributed by atoms with Crippen LogP contribution in [0.3, 0.4) is 0 Å². The first-order valence-corrected chi connectivity index (χ1v) is 8.31. The highest BCUT2D eigenvalue weighted by atomic mass is 16.5. The zero-order valence-corrected chi connectivity index (χ0v) is 14.2. The van der Waals surface area contributed by atoms with E-state index in [1.165, 1.54) is 0 Å². The topological polar surface area (TPSA) is 61.8 Å². The van der Waals surface area contributed by atoms with Crippen LogP contribution in [0.5, 0.6) is 5.75 Å². The molecule has 0 aromatic heterocycles. The van der Waals surface area contributed by atoms with Gasteiger partial charge in [-0.2, -0.15) is 0 Å². The average molecular weight is 328 g/mol. The summed E-state index contributed by atoms with van der Waals surface area (Å²) in [5, 5.41) is 15.0. The van der Waals surface area contributed by atoms with Crippen molar-refractivity contribution >= 4 is 16.7 Å². The highest BCUT2D eigenvalue weighted by Gasteiger charge is 2.29. The minimum Gasteiger partial charge on any atom is -0.506 e. The number of phenolic OH excluding ortho intramolecular Hbond substituents is 1. The van der Waals surface area contributed by atoms with Crippen molar-refractivity contribution < 1.29 is 14.6 Å².